The van der Waals surface area contributed by atoms with Gasteiger partial charge in [-0.15, -0.1) is 10.2 Å². The van der Waals surface area contributed by atoms with Gasteiger partial charge in [-0.25, -0.2) is 4.79 Å². The molecule has 0 radical (unpaired) electrons. The molecule has 30 heavy (non-hydrogen) atoms. The van der Waals surface area contributed by atoms with E-state index in [0.29, 0.717) is 16.9 Å². The summed E-state index contributed by atoms with van der Waals surface area (Å²) in [6.07, 6.45) is 0.0395. The van der Waals surface area contributed by atoms with Crippen molar-refractivity contribution in [3.63, 3.8) is 0 Å². The van der Waals surface area contributed by atoms with Crippen molar-refractivity contribution in [1.82, 2.24) is 19.7 Å². The largest absolute Gasteiger partial charge is 0.416 e. The fourth-order valence-electron chi connectivity index (χ4n) is 2.49. The molecule has 0 bridgehead atoms. The van der Waals surface area contributed by atoms with E-state index in [1.807, 2.05) is 0 Å². The number of carbonyl (C=O) groups excluding carboxylic acids is 1. The average Bonchev–Trinajstić information content (AvgIpc) is 3.16. The SMILES string of the molecule is Cc1[nH]c(=O)n(C)c(=O)c1Cc1nnc(SCC(=O)Nc2ccc([N+](=O)[O-])cc2)o1. The van der Waals surface area contributed by atoms with Gasteiger partial charge < -0.3 is 14.7 Å². The van der Waals surface area contributed by atoms with Gasteiger partial charge in [-0.1, -0.05) is 11.8 Å². The average molecular weight is 432 g/mol. The van der Waals surface area contributed by atoms with Gasteiger partial charge >= 0.3 is 5.69 Å². The van der Waals surface area contributed by atoms with Crippen LogP contribution in [0.1, 0.15) is 17.1 Å². The van der Waals surface area contributed by atoms with Gasteiger partial charge in [-0.3, -0.25) is 24.3 Å². The molecule has 0 atom stereocenters. The van der Waals surface area contributed by atoms with Crippen molar-refractivity contribution in [3.8, 4) is 0 Å². The molecule has 0 aliphatic heterocycles. The summed E-state index contributed by atoms with van der Waals surface area (Å²) in [6, 6.07) is 5.43. The number of aryl methyl sites for hydroxylation is 1. The number of nitro benzene ring substituents is 1. The summed E-state index contributed by atoms with van der Waals surface area (Å²) in [5, 5.41) is 21.1. The molecular weight excluding hydrogens is 416 g/mol. The van der Waals surface area contributed by atoms with E-state index in [1.54, 1.807) is 6.92 Å². The third kappa shape index (κ3) is 4.81. The third-order valence-corrected chi connectivity index (χ3v) is 4.90. The first-order valence-electron chi connectivity index (χ1n) is 8.53. The van der Waals surface area contributed by atoms with Crippen molar-refractivity contribution in [1.29, 1.82) is 0 Å². The van der Waals surface area contributed by atoms with Gasteiger partial charge in [0.15, 0.2) is 0 Å². The van der Waals surface area contributed by atoms with Crippen LogP contribution in [0.4, 0.5) is 11.4 Å². The molecular formula is C17H16N6O6S. The van der Waals surface area contributed by atoms with Crippen LogP contribution in [0.25, 0.3) is 0 Å². The molecule has 0 spiro atoms. The van der Waals surface area contributed by atoms with Crippen LogP contribution in [0.5, 0.6) is 0 Å². The van der Waals surface area contributed by atoms with Gasteiger partial charge in [0.05, 0.1) is 17.1 Å². The van der Waals surface area contributed by atoms with Crippen molar-refractivity contribution in [2.45, 2.75) is 18.6 Å². The molecule has 2 heterocycles. The van der Waals surface area contributed by atoms with Crippen molar-refractivity contribution >= 4 is 29.0 Å². The zero-order valence-corrected chi connectivity index (χ0v) is 16.7. The van der Waals surface area contributed by atoms with Gasteiger partial charge in [-0.05, 0) is 19.1 Å². The first-order valence-corrected chi connectivity index (χ1v) is 9.51. The number of hydrogen-bond acceptors (Lipinski definition) is 9. The van der Waals surface area contributed by atoms with Crippen molar-refractivity contribution < 1.29 is 14.1 Å². The number of aromatic nitrogens is 4. The van der Waals surface area contributed by atoms with E-state index in [4.69, 9.17) is 4.42 Å². The fraction of sp³-hybridized carbons (Fsp3) is 0.235. The maximum absolute atomic E-state index is 12.2. The molecule has 1 aromatic carbocycles. The molecule has 1 amide bonds. The van der Waals surface area contributed by atoms with E-state index in [1.165, 1.54) is 31.3 Å². The topological polar surface area (TPSA) is 166 Å². The Balaban J connectivity index is 1.59. The van der Waals surface area contributed by atoms with Crippen LogP contribution in [0.3, 0.4) is 0 Å². The number of H-pyrrole nitrogens is 1. The van der Waals surface area contributed by atoms with Crippen LogP contribution in [-0.2, 0) is 18.3 Å². The number of anilines is 1. The Labute approximate surface area is 172 Å². The lowest BCUT2D eigenvalue weighted by Gasteiger charge is -2.04. The molecule has 0 unspecified atom stereocenters. The van der Waals surface area contributed by atoms with Crippen LogP contribution in [0.2, 0.25) is 0 Å². The standard InChI is InChI=1S/C17H16N6O6S/c1-9-12(15(25)22(2)16(26)18-9)7-14-20-21-17(29-14)30-8-13(24)19-10-3-5-11(6-4-10)23(27)28/h3-6H,7-8H2,1-2H3,(H,18,26)(H,19,24). The summed E-state index contributed by atoms with van der Waals surface area (Å²) in [4.78, 5) is 48.5. The zero-order valence-electron chi connectivity index (χ0n) is 15.9. The Bertz CT molecular complexity index is 1210. The molecule has 13 heteroatoms. The lowest BCUT2D eigenvalue weighted by Crippen LogP contribution is -2.36. The monoisotopic (exact) mass is 432 g/mol. The summed E-state index contributed by atoms with van der Waals surface area (Å²) in [5.74, 6) is -0.225. The highest BCUT2D eigenvalue weighted by Gasteiger charge is 2.15. The summed E-state index contributed by atoms with van der Waals surface area (Å²) >= 11 is 1.000. The molecule has 0 fully saturated rings. The molecule has 0 saturated heterocycles. The molecule has 0 saturated carbocycles. The molecule has 3 aromatic rings. The Hall–Kier alpha value is -3.74. The van der Waals surface area contributed by atoms with E-state index in [-0.39, 0.29) is 34.9 Å². The lowest BCUT2D eigenvalue weighted by atomic mass is 10.2. The number of nitrogens with one attached hydrogen (secondary N) is 2. The molecule has 2 N–H and O–H groups in total. The minimum Gasteiger partial charge on any atom is -0.416 e. The van der Waals surface area contributed by atoms with Crippen molar-refractivity contribution in [2.75, 3.05) is 11.1 Å². The maximum atomic E-state index is 12.2. The number of nitrogens with zero attached hydrogens (tertiary/aromatic N) is 4. The second-order valence-corrected chi connectivity index (χ2v) is 7.10. The van der Waals surface area contributed by atoms with Gasteiger partial charge in [0.25, 0.3) is 16.5 Å². The predicted octanol–water partition coefficient (Wildman–Crippen LogP) is 0.995. The van der Waals surface area contributed by atoms with Crippen LogP contribution >= 0.6 is 11.8 Å². The quantitative estimate of drug-likeness (QED) is 0.314. The van der Waals surface area contributed by atoms with Crippen molar-refractivity contribution in [2.24, 2.45) is 7.05 Å². The summed E-state index contributed by atoms with van der Waals surface area (Å²) in [7, 11) is 1.36. The number of amides is 1. The second-order valence-electron chi connectivity index (χ2n) is 6.18. The zero-order chi connectivity index (χ0) is 21.8. The van der Waals surface area contributed by atoms with Crippen LogP contribution < -0.4 is 16.6 Å². The molecule has 2 aromatic heterocycles. The first-order chi connectivity index (χ1) is 14.2. The normalized spacial score (nSPS) is 10.7. The van der Waals surface area contributed by atoms with E-state index in [0.717, 1.165) is 16.3 Å². The smallest absolute Gasteiger partial charge is 0.328 e. The number of nitro groups is 1. The number of rotatable bonds is 7. The van der Waals surface area contributed by atoms with E-state index >= 15 is 0 Å². The van der Waals surface area contributed by atoms with Gasteiger partial charge in [0, 0.05) is 36.1 Å². The van der Waals surface area contributed by atoms with Crippen LogP contribution in [0.15, 0.2) is 43.5 Å². The van der Waals surface area contributed by atoms with Gasteiger partial charge in [-0.2, -0.15) is 0 Å². The maximum Gasteiger partial charge on any atom is 0.328 e. The summed E-state index contributed by atoms with van der Waals surface area (Å²) in [5.41, 5.74) is 0.120. The molecule has 0 aliphatic carbocycles. The Morgan fingerprint density at radius 1 is 1.30 bits per heavy atom. The number of hydrogen-bond donors (Lipinski definition) is 2. The van der Waals surface area contributed by atoms with E-state index < -0.39 is 16.2 Å². The molecule has 0 aliphatic rings. The highest BCUT2D eigenvalue weighted by Crippen LogP contribution is 2.19. The number of benzene rings is 1. The fourth-order valence-corrected chi connectivity index (χ4v) is 3.07. The van der Waals surface area contributed by atoms with E-state index in [9.17, 15) is 24.5 Å². The number of non-ortho nitro benzene ring substituents is 1. The first kappa shape index (κ1) is 21.0. The highest BCUT2D eigenvalue weighted by molar-refractivity contribution is 7.99. The van der Waals surface area contributed by atoms with E-state index in [2.05, 4.69) is 20.5 Å². The predicted molar refractivity (Wildman–Crippen MR) is 107 cm³/mol. The summed E-state index contributed by atoms with van der Waals surface area (Å²) in [6.45, 7) is 1.60. The lowest BCUT2D eigenvalue weighted by molar-refractivity contribution is -0.384. The summed E-state index contributed by atoms with van der Waals surface area (Å²) < 4.78 is 6.41. The second kappa shape index (κ2) is 8.73. The number of thioether (sulfide) groups is 1. The number of aromatic amines is 1. The minimum absolute atomic E-state index is 0.0297. The van der Waals surface area contributed by atoms with Crippen LogP contribution in [0, 0.1) is 17.0 Å². The number of carbonyl (C=O) groups is 1. The highest BCUT2D eigenvalue weighted by atomic mass is 32.2. The Morgan fingerprint density at radius 3 is 2.67 bits per heavy atom. The van der Waals surface area contributed by atoms with Crippen molar-refractivity contribution in [3.05, 3.63) is 72.4 Å². The third-order valence-electron chi connectivity index (χ3n) is 4.08. The van der Waals surface area contributed by atoms with Gasteiger partial charge in [0.1, 0.15) is 0 Å². The molecule has 156 valence electrons. The molecule has 3 rings (SSSR count). The molecule has 12 nitrogen and oxygen atoms in total. The van der Waals surface area contributed by atoms with Crippen LogP contribution in [-0.4, -0.2) is 36.3 Å². The Morgan fingerprint density at radius 2 is 2.00 bits per heavy atom. The minimum atomic E-state index is -0.529. The van der Waals surface area contributed by atoms with Gasteiger partial charge in [0.2, 0.25) is 11.8 Å². The Kier molecular flexibility index (Phi) is 6.11.